The van der Waals surface area contributed by atoms with Gasteiger partial charge in [-0.25, -0.2) is 14.4 Å². The SMILES string of the molecule is N#Cc1cc(C(=O)O)cc(/C(N)=N/O)c1.[C-]#[N+]c1cc(C#N)cc(C(=O)O)c1. The lowest BCUT2D eigenvalue weighted by Crippen LogP contribution is -2.14. The molecule has 138 valence electrons. The number of amidine groups is 1. The van der Waals surface area contributed by atoms with E-state index in [4.69, 9.17) is 38.2 Å². The highest BCUT2D eigenvalue weighted by Crippen LogP contribution is 2.17. The maximum absolute atomic E-state index is 10.7. The van der Waals surface area contributed by atoms with E-state index < -0.39 is 11.9 Å². The van der Waals surface area contributed by atoms with Gasteiger partial charge in [0.15, 0.2) is 11.5 Å². The molecule has 2 rings (SSSR count). The van der Waals surface area contributed by atoms with Crippen molar-refractivity contribution in [2.24, 2.45) is 10.9 Å². The maximum atomic E-state index is 10.7. The fourth-order valence-electron chi connectivity index (χ4n) is 1.88. The van der Waals surface area contributed by atoms with Crippen LogP contribution >= 0.6 is 0 Å². The summed E-state index contributed by atoms with van der Waals surface area (Å²) in [5.41, 5.74) is 5.83. The lowest BCUT2D eigenvalue weighted by molar-refractivity contribution is 0.0686. The van der Waals surface area contributed by atoms with Crippen molar-refractivity contribution in [2.75, 3.05) is 0 Å². The molecule has 2 aromatic carbocycles. The van der Waals surface area contributed by atoms with Crippen LogP contribution in [-0.4, -0.2) is 33.2 Å². The monoisotopic (exact) mass is 377 g/mol. The number of rotatable bonds is 3. The van der Waals surface area contributed by atoms with Crippen LogP contribution in [0.1, 0.15) is 37.4 Å². The molecule has 0 radical (unpaired) electrons. The minimum absolute atomic E-state index is 0.0370. The largest absolute Gasteiger partial charge is 0.478 e. The third-order valence-electron chi connectivity index (χ3n) is 3.14. The third kappa shape index (κ3) is 5.59. The minimum atomic E-state index is -1.18. The molecule has 0 fully saturated rings. The van der Waals surface area contributed by atoms with E-state index in [2.05, 4.69) is 10.0 Å². The Labute approximate surface area is 158 Å². The molecule has 0 aliphatic heterocycles. The highest BCUT2D eigenvalue weighted by molar-refractivity contribution is 6.00. The van der Waals surface area contributed by atoms with Gasteiger partial charge in [0, 0.05) is 11.1 Å². The van der Waals surface area contributed by atoms with Crippen LogP contribution in [0.5, 0.6) is 0 Å². The van der Waals surface area contributed by atoms with Gasteiger partial charge in [-0.05, 0) is 36.4 Å². The highest BCUT2D eigenvalue weighted by atomic mass is 16.4. The summed E-state index contributed by atoms with van der Waals surface area (Å²) in [6.45, 7) is 6.68. The molecule has 0 heterocycles. The Morgan fingerprint density at radius 1 is 0.929 bits per heavy atom. The van der Waals surface area contributed by atoms with Crippen LogP contribution in [0.15, 0.2) is 41.6 Å². The standard InChI is InChI=1S/C9H7N3O3.C9H4N2O2/c10-4-5-1-6(8(11)12-15)3-7(2-5)9(13)14;1-11-8-3-6(5-10)2-7(4-8)9(12)13/h1-3,15H,(H2,11,12)(H,13,14);2-4H,(H,12,13). The number of carbonyl (C=O) groups is 2. The maximum Gasteiger partial charge on any atom is 0.335 e. The molecule has 28 heavy (non-hydrogen) atoms. The average Bonchev–Trinajstić information content (AvgIpc) is 2.72. The molecular formula is C18H11N5O5. The van der Waals surface area contributed by atoms with E-state index in [0.29, 0.717) is 0 Å². The molecule has 5 N–H and O–H groups in total. The molecular weight excluding hydrogens is 366 g/mol. The molecule has 0 saturated heterocycles. The van der Waals surface area contributed by atoms with Crippen molar-refractivity contribution in [1.82, 2.24) is 0 Å². The van der Waals surface area contributed by atoms with Crippen molar-refractivity contribution in [3.63, 3.8) is 0 Å². The third-order valence-corrected chi connectivity index (χ3v) is 3.14. The number of nitrogens with two attached hydrogens (primary N) is 1. The zero-order chi connectivity index (χ0) is 21.3. The molecule has 0 aliphatic carbocycles. The number of nitrogens with zero attached hydrogens (tertiary/aromatic N) is 4. The van der Waals surface area contributed by atoms with E-state index in [-0.39, 0.29) is 39.3 Å². The number of aromatic carboxylic acids is 2. The number of oxime groups is 1. The van der Waals surface area contributed by atoms with Gasteiger partial charge in [0.25, 0.3) is 0 Å². The van der Waals surface area contributed by atoms with Gasteiger partial charge in [0.05, 0.1) is 35.4 Å². The summed E-state index contributed by atoms with van der Waals surface area (Å²) in [6, 6.07) is 11.1. The van der Waals surface area contributed by atoms with Gasteiger partial charge in [-0.1, -0.05) is 5.16 Å². The van der Waals surface area contributed by atoms with Crippen LogP contribution in [-0.2, 0) is 0 Å². The topological polar surface area (TPSA) is 185 Å². The molecule has 0 aliphatic rings. The van der Waals surface area contributed by atoms with E-state index in [0.717, 1.165) is 0 Å². The van der Waals surface area contributed by atoms with Crippen LogP contribution in [0.2, 0.25) is 0 Å². The van der Waals surface area contributed by atoms with Gasteiger partial charge < -0.3 is 21.2 Å². The fraction of sp³-hybridized carbons (Fsp3) is 0. The van der Waals surface area contributed by atoms with E-state index in [9.17, 15) is 9.59 Å². The van der Waals surface area contributed by atoms with Gasteiger partial charge in [-0.15, -0.1) is 0 Å². The van der Waals surface area contributed by atoms with Gasteiger partial charge in [-0.2, -0.15) is 10.5 Å². The van der Waals surface area contributed by atoms with Crippen molar-refractivity contribution >= 4 is 23.5 Å². The van der Waals surface area contributed by atoms with Crippen LogP contribution < -0.4 is 5.73 Å². The summed E-state index contributed by atoms with van der Waals surface area (Å²) < 4.78 is 0. The number of hydrogen-bond donors (Lipinski definition) is 4. The zero-order valence-electron chi connectivity index (χ0n) is 14.0. The molecule has 10 nitrogen and oxygen atoms in total. The first-order valence-corrected chi connectivity index (χ1v) is 7.18. The number of carboxylic acids is 2. The zero-order valence-corrected chi connectivity index (χ0v) is 14.0. The van der Waals surface area contributed by atoms with Crippen LogP contribution in [0.3, 0.4) is 0 Å². The van der Waals surface area contributed by atoms with Crippen LogP contribution in [0.25, 0.3) is 4.85 Å². The Balaban J connectivity index is 0.000000283. The number of carboxylic acid groups (broad SMARTS) is 2. The van der Waals surface area contributed by atoms with E-state index in [1.165, 1.54) is 36.4 Å². The smallest absolute Gasteiger partial charge is 0.335 e. The molecule has 2 aromatic rings. The van der Waals surface area contributed by atoms with E-state index >= 15 is 0 Å². The van der Waals surface area contributed by atoms with Crippen molar-refractivity contribution in [2.45, 2.75) is 0 Å². The van der Waals surface area contributed by atoms with Gasteiger partial charge in [0.2, 0.25) is 0 Å². The van der Waals surface area contributed by atoms with E-state index in [1.54, 1.807) is 12.1 Å². The average molecular weight is 377 g/mol. The molecule has 0 atom stereocenters. The lowest BCUT2D eigenvalue weighted by Gasteiger charge is -2.01. The molecule has 0 amide bonds. The molecule has 0 aromatic heterocycles. The Kier molecular flexibility index (Phi) is 7.23. The van der Waals surface area contributed by atoms with Gasteiger partial charge in [0.1, 0.15) is 0 Å². The summed E-state index contributed by atoms with van der Waals surface area (Å²) >= 11 is 0. The quantitative estimate of drug-likeness (QED) is 0.206. The number of hydrogen-bond acceptors (Lipinski definition) is 6. The first-order valence-electron chi connectivity index (χ1n) is 7.18. The van der Waals surface area contributed by atoms with Gasteiger partial charge >= 0.3 is 11.9 Å². The van der Waals surface area contributed by atoms with Gasteiger partial charge in [-0.3, -0.25) is 0 Å². The highest BCUT2D eigenvalue weighted by Gasteiger charge is 2.09. The molecule has 0 saturated carbocycles. The summed E-state index contributed by atoms with van der Waals surface area (Å²) in [4.78, 5) is 24.3. The Bertz CT molecular complexity index is 1050. The second-order valence-electron chi connectivity index (χ2n) is 5.00. The Hall–Kier alpha value is -4.88. The number of benzene rings is 2. The molecule has 0 unspecified atom stereocenters. The normalized spacial score (nSPS) is 9.68. The minimum Gasteiger partial charge on any atom is -0.478 e. The summed E-state index contributed by atoms with van der Waals surface area (Å²) in [6.07, 6.45) is 0. The lowest BCUT2D eigenvalue weighted by atomic mass is 10.1. The number of nitriles is 2. The molecule has 0 spiro atoms. The van der Waals surface area contributed by atoms with Crippen molar-refractivity contribution in [3.05, 3.63) is 75.6 Å². The first-order chi connectivity index (χ1) is 13.2. The van der Waals surface area contributed by atoms with Crippen molar-refractivity contribution in [3.8, 4) is 12.1 Å². The van der Waals surface area contributed by atoms with Crippen LogP contribution in [0, 0.1) is 29.2 Å². The second-order valence-corrected chi connectivity index (χ2v) is 5.00. The molecule has 10 heteroatoms. The van der Waals surface area contributed by atoms with Crippen molar-refractivity contribution in [1.29, 1.82) is 10.5 Å². The Morgan fingerprint density at radius 3 is 1.82 bits per heavy atom. The van der Waals surface area contributed by atoms with Crippen molar-refractivity contribution < 1.29 is 25.0 Å². The summed E-state index contributed by atoms with van der Waals surface area (Å²) in [5.74, 6) is -2.56. The van der Waals surface area contributed by atoms with E-state index in [1.807, 2.05) is 0 Å². The Morgan fingerprint density at radius 2 is 1.39 bits per heavy atom. The summed E-state index contributed by atoms with van der Waals surface area (Å²) in [5, 5.41) is 45.6. The predicted molar refractivity (Wildman–Crippen MR) is 95.0 cm³/mol. The van der Waals surface area contributed by atoms with Crippen LogP contribution in [0.4, 0.5) is 5.69 Å². The first kappa shape index (κ1) is 21.2. The molecule has 0 bridgehead atoms. The predicted octanol–water partition coefficient (Wildman–Crippen LogP) is 2.16. The summed E-state index contributed by atoms with van der Waals surface area (Å²) in [7, 11) is 0. The fourth-order valence-corrected chi connectivity index (χ4v) is 1.88. The second kappa shape index (κ2) is 9.56.